The first-order valence-corrected chi connectivity index (χ1v) is 4.82. The second-order valence-corrected chi connectivity index (χ2v) is 3.44. The summed E-state index contributed by atoms with van der Waals surface area (Å²) in [6, 6.07) is 2.87. The highest BCUT2D eigenvalue weighted by Crippen LogP contribution is 2.29. The third-order valence-corrected chi connectivity index (χ3v) is 2.31. The third kappa shape index (κ3) is 2.67. The van der Waals surface area contributed by atoms with Crippen molar-refractivity contribution in [2.75, 3.05) is 13.7 Å². The molecule has 0 aliphatic heterocycles. The molecule has 3 N–H and O–H groups in total. The van der Waals surface area contributed by atoms with Gasteiger partial charge in [0.15, 0.2) is 0 Å². The Hall–Kier alpha value is -1.13. The highest BCUT2D eigenvalue weighted by atomic mass is 19.1. The van der Waals surface area contributed by atoms with Crippen LogP contribution in [-0.2, 0) is 0 Å². The zero-order valence-corrected chi connectivity index (χ0v) is 8.96. The number of methoxy groups -OCH3 is 1. The van der Waals surface area contributed by atoms with Gasteiger partial charge in [0.05, 0.1) is 13.2 Å². The van der Waals surface area contributed by atoms with E-state index in [1.165, 1.54) is 13.2 Å². The average molecular weight is 213 g/mol. The van der Waals surface area contributed by atoms with E-state index in [0.717, 1.165) is 0 Å². The highest BCUT2D eigenvalue weighted by molar-refractivity contribution is 5.39. The molecule has 15 heavy (non-hydrogen) atoms. The van der Waals surface area contributed by atoms with Gasteiger partial charge in [-0.3, -0.25) is 0 Å². The fourth-order valence-corrected chi connectivity index (χ4v) is 1.42. The van der Waals surface area contributed by atoms with E-state index < -0.39 is 6.10 Å². The minimum absolute atomic E-state index is 0.345. The molecule has 0 aliphatic carbocycles. The number of ether oxygens (including phenoxy) is 1. The average Bonchev–Trinajstić information content (AvgIpc) is 2.21. The molecule has 0 aromatic heterocycles. The third-order valence-electron chi connectivity index (χ3n) is 2.31. The van der Waals surface area contributed by atoms with Crippen molar-refractivity contribution in [2.45, 2.75) is 19.4 Å². The van der Waals surface area contributed by atoms with Crippen LogP contribution in [0.3, 0.4) is 0 Å². The van der Waals surface area contributed by atoms with Crippen molar-refractivity contribution in [2.24, 2.45) is 5.73 Å². The maximum atomic E-state index is 13.3. The van der Waals surface area contributed by atoms with Gasteiger partial charge in [-0.2, -0.15) is 0 Å². The largest absolute Gasteiger partial charge is 0.496 e. The van der Waals surface area contributed by atoms with Crippen molar-refractivity contribution in [3.63, 3.8) is 0 Å². The monoisotopic (exact) mass is 213 g/mol. The number of nitrogens with two attached hydrogens (primary N) is 1. The highest BCUT2D eigenvalue weighted by Gasteiger charge is 2.15. The molecule has 0 radical (unpaired) electrons. The summed E-state index contributed by atoms with van der Waals surface area (Å²) >= 11 is 0. The first kappa shape index (κ1) is 11.9. The Labute approximate surface area is 88.7 Å². The Kier molecular flexibility index (Phi) is 4.05. The van der Waals surface area contributed by atoms with Crippen LogP contribution in [0, 0.1) is 12.7 Å². The molecule has 0 unspecified atom stereocenters. The van der Waals surface area contributed by atoms with E-state index in [1.807, 2.05) is 0 Å². The van der Waals surface area contributed by atoms with Crippen molar-refractivity contribution in [3.05, 3.63) is 29.1 Å². The van der Waals surface area contributed by atoms with E-state index >= 15 is 0 Å². The molecule has 0 amide bonds. The maximum absolute atomic E-state index is 13.3. The summed E-state index contributed by atoms with van der Waals surface area (Å²) in [4.78, 5) is 0. The van der Waals surface area contributed by atoms with Gasteiger partial charge in [0.25, 0.3) is 0 Å². The quantitative estimate of drug-likeness (QED) is 0.797. The van der Waals surface area contributed by atoms with Gasteiger partial charge in [0.2, 0.25) is 0 Å². The number of aryl methyl sites for hydroxylation is 1. The number of halogens is 1. The van der Waals surface area contributed by atoms with Crippen molar-refractivity contribution >= 4 is 0 Å². The van der Waals surface area contributed by atoms with E-state index in [1.54, 1.807) is 13.0 Å². The smallest absolute Gasteiger partial charge is 0.126 e. The van der Waals surface area contributed by atoms with Crippen molar-refractivity contribution in [1.29, 1.82) is 0 Å². The van der Waals surface area contributed by atoms with Gasteiger partial charge in [-0.25, -0.2) is 4.39 Å². The van der Waals surface area contributed by atoms with Crippen LogP contribution in [0.25, 0.3) is 0 Å². The van der Waals surface area contributed by atoms with Gasteiger partial charge in [-0.15, -0.1) is 0 Å². The normalized spacial score (nSPS) is 12.6. The number of rotatable bonds is 4. The summed E-state index contributed by atoms with van der Waals surface area (Å²) < 4.78 is 18.4. The van der Waals surface area contributed by atoms with Crippen LogP contribution in [0.2, 0.25) is 0 Å². The summed E-state index contributed by atoms with van der Waals surface area (Å²) in [6.45, 7) is 2.00. The lowest BCUT2D eigenvalue weighted by atomic mass is 10.0. The molecule has 3 nitrogen and oxygen atoms in total. The van der Waals surface area contributed by atoms with Gasteiger partial charge >= 0.3 is 0 Å². The Morgan fingerprint density at radius 3 is 2.73 bits per heavy atom. The van der Waals surface area contributed by atoms with Gasteiger partial charge in [-0.1, -0.05) is 0 Å². The molecular weight excluding hydrogens is 197 g/mol. The standard InChI is InChI=1S/C11H16FNO2/c1-7-5-11(15-2)8(6-9(7)12)10(14)3-4-13/h5-6,10,14H,3-4,13H2,1-2H3/t10-/m1/s1. The minimum Gasteiger partial charge on any atom is -0.496 e. The van der Waals surface area contributed by atoms with Crippen LogP contribution >= 0.6 is 0 Å². The molecule has 0 spiro atoms. The first-order chi connectivity index (χ1) is 7.10. The van der Waals surface area contributed by atoms with E-state index in [9.17, 15) is 9.50 Å². The first-order valence-electron chi connectivity index (χ1n) is 4.82. The minimum atomic E-state index is -0.778. The molecule has 0 heterocycles. The van der Waals surface area contributed by atoms with E-state index in [4.69, 9.17) is 10.5 Å². The fourth-order valence-electron chi connectivity index (χ4n) is 1.42. The van der Waals surface area contributed by atoms with Crippen LogP contribution in [0.15, 0.2) is 12.1 Å². The van der Waals surface area contributed by atoms with E-state index in [-0.39, 0.29) is 5.82 Å². The summed E-state index contributed by atoms with van der Waals surface area (Å²) in [5, 5.41) is 9.72. The molecule has 1 aromatic rings. The van der Waals surface area contributed by atoms with Gasteiger partial charge in [-0.05, 0) is 37.6 Å². The lowest BCUT2D eigenvalue weighted by Crippen LogP contribution is -2.08. The predicted molar refractivity (Wildman–Crippen MR) is 56.3 cm³/mol. The number of benzene rings is 1. The molecule has 1 atom stereocenters. The van der Waals surface area contributed by atoms with Gasteiger partial charge < -0.3 is 15.6 Å². The van der Waals surface area contributed by atoms with Crippen molar-refractivity contribution in [3.8, 4) is 5.75 Å². The molecule has 1 rings (SSSR count). The second-order valence-electron chi connectivity index (χ2n) is 3.44. The van der Waals surface area contributed by atoms with Crippen LogP contribution < -0.4 is 10.5 Å². The Morgan fingerprint density at radius 2 is 2.20 bits per heavy atom. The lowest BCUT2D eigenvalue weighted by molar-refractivity contribution is 0.165. The molecule has 1 aromatic carbocycles. The molecule has 0 saturated carbocycles. The van der Waals surface area contributed by atoms with Crippen LogP contribution in [0.5, 0.6) is 5.75 Å². The predicted octanol–water partition coefficient (Wildman–Crippen LogP) is 1.52. The maximum Gasteiger partial charge on any atom is 0.126 e. The van der Waals surface area contributed by atoms with Crippen LogP contribution in [0.1, 0.15) is 23.7 Å². The van der Waals surface area contributed by atoms with Crippen LogP contribution in [-0.4, -0.2) is 18.8 Å². The Bertz CT molecular complexity index is 342. The van der Waals surface area contributed by atoms with Crippen LogP contribution in [0.4, 0.5) is 4.39 Å². The molecular formula is C11H16FNO2. The number of aliphatic hydroxyl groups is 1. The zero-order chi connectivity index (χ0) is 11.4. The zero-order valence-electron chi connectivity index (χ0n) is 8.96. The summed E-state index contributed by atoms with van der Waals surface area (Å²) in [6.07, 6.45) is -0.390. The summed E-state index contributed by atoms with van der Waals surface area (Å²) in [5.74, 6) is 0.150. The van der Waals surface area contributed by atoms with E-state index in [2.05, 4.69) is 0 Å². The Balaban J connectivity index is 3.09. The Morgan fingerprint density at radius 1 is 1.53 bits per heavy atom. The number of hydrogen-bond donors (Lipinski definition) is 2. The van der Waals surface area contributed by atoms with Gasteiger partial charge in [0.1, 0.15) is 11.6 Å². The topological polar surface area (TPSA) is 55.5 Å². The molecule has 0 fully saturated rings. The van der Waals surface area contributed by atoms with Gasteiger partial charge in [0, 0.05) is 5.56 Å². The molecule has 4 heteroatoms. The molecule has 0 aliphatic rings. The lowest BCUT2D eigenvalue weighted by Gasteiger charge is -2.15. The SMILES string of the molecule is COc1cc(C)c(F)cc1[C@H](O)CCN. The fraction of sp³-hybridized carbons (Fsp3) is 0.455. The summed E-state index contributed by atoms with van der Waals surface area (Å²) in [7, 11) is 1.49. The van der Waals surface area contributed by atoms with Crippen molar-refractivity contribution < 1.29 is 14.2 Å². The second kappa shape index (κ2) is 5.09. The number of hydrogen-bond acceptors (Lipinski definition) is 3. The van der Waals surface area contributed by atoms with E-state index in [0.29, 0.717) is 29.8 Å². The molecule has 84 valence electrons. The molecule has 0 saturated heterocycles. The van der Waals surface area contributed by atoms with Crippen molar-refractivity contribution in [1.82, 2.24) is 0 Å². The summed E-state index contributed by atoms with van der Waals surface area (Å²) in [5.41, 5.74) is 6.28. The molecule has 0 bridgehead atoms. The number of aliphatic hydroxyl groups excluding tert-OH is 1.